The van der Waals surface area contributed by atoms with Crippen LogP contribution in [0.25, 0.3) is 0 Å². The number of carbonyl (C=O) groups excluding carboxylic acids is 2. The van der Waals surface area contributed by atoms with Crippen LogP contribution < -0.4 is 10.6 Å². The highest BCUT2D eigenvalue weighted by Gasteiger charge is 2.18. The summed E-state index contributed by atoms with van der Waals surface area (Å²) in [5.41, 5.74) is 1.69. The summed E-state index contributed by atoms with van der Waals surface area (Å²) in [5.74, 6) is 0.0598. The Morgan fingerprint density at radius 3 is 2.44 bits per heavy atom. The molecule has 7 nitrogen and oxygen atoms in total. The first-order chi connectivity index (χ1) is 12.1. The van der Waals surface area contributed by atoms with Crippen LogP contribution >= 0.6 is 0 Å². The van der Waals surface area contributed by atoms with Crippen molar-refractivity contribution in [2.75, 3.05) is 65.3 Å². The second-order valence-electron chi connectivity index (χ2n) is 6.28. The van der Waals surface area contributed by atoms with E-state index in [2.05, 4.69) is 22.6 Å². The summed E-state index contributed by atoms with van der Waals surface area (Å²) in [5, 5.41) is 5.82. The Kier molecular flexibility index (Phi) is 7.84. The van der Waals surface area contributed by atoms with Gasteiger partial charge in [-0.1, -0.05) is 12.1 Å². The fourth-order valence-electron chi connectivity index (χ4n) is 2.63. The Balaban J connectivity index is 1.75. The molecule has 1 aliphatic rings. The quantitative estimate of drug-likeness (QED) is 0.656. The average molecular weight is 348 g/mol. The molecule has 138 valence electrons. The van der Waals surface area contributed by atoms with Crippen molar-refractivity contribution in [2.24, 2.45) is 0 Å². The van der Waals surface area contributed by atoms with Gasteiger partial charge in [0, 0.05) is 45.5 Å². The largest absolute Gasteiger partial charge is 0.383 e. The van der Waals surface area contributed by atoms with Gasteiger partial charge in [0.25, 0.3) is 0 Å². The molecule has 0 radical (unpaired) electrons. The van der Waals surface area contributed by atoms with Crippen molar-refractivity contribution >= 4 is 17.5 Å². The highest BCUT2D eigenvalue weighted by atomic mass is 16.5. The first kappa shape index (κ1) is 19.4. The van der Waals surface area contributed by atoms with Crippen molar-refractivity contribution in [3.63, 3.8) is 0 Å². The maximum absolute atomic E-state index is 12.3. The first-order valence-corrected chi connectivity index (χ1v) is 8.63. The predicted octanol–water partition coefficient (Wildman–Crippen LogP) is 0.178. The van der Waals surface area contributed by atoms with Crippen LogP contribution in [-0.4, -0.2) is 81.6 Å². The number of methoxy groups -OCH3 is 1. The molecule has 2 rings (SSSR count). The van der Waals surface area contributed by atoms with E-state index in [0.717, 1.165) is 37.4 Å². The highest BCUT2D eigenvalue weighted by Crippen LogP contribution is 2.11. The molecule has 2 N–H and O–H groups in total. The Morgan fingerprint density at radius 1 is 1.12 bits per heavy atom. The smallest absolute Gasteiger partial charge is 0.238 e. The van der Waals surface area contributed by atoms with Gasteiger partial charge in [0.05, 0.1) is 19.6 Å². The molecule has 0 aliphatic carbocycles. The molecule has 1 heterocycles. The highest BCUT2D eigenvalue weighted by molar-refractivity contribution is 5.92. The van der Waals surface area contributed by atoms with Crippen molar-refractivity contribution < 1.29 is 14.3 Å². The molecule has 2 amide bonds. The molecule has 1 aromatic carbocycles. The fourth-order valence-corrected chi connectivity index (χ4v) is 2.63. The van der Waals surface area contributed by atoms with Crippen molar-refractivity contribution in [3.05, 3.63) is 29.8 Å². The van der Waals surface area contributed by atoms with Crippen LogP contribution in [0.1, 0.15) is 5.56 Å². The van der Waals surface area contributed by atoms with Gasteiger partial charge in [-0.15, -0.1) is 0 Å². The van der Waals surface area contributed by atoms with E-state index in [4.69, 9.17) is 4.74 Å². The number of amides is 2. The number of benzene rings is 1. The van der Waals surface area contributed by atoms with Gasteiger partial charge in [-0.3, -0.25) is 9.59 Å². The zero-order valence-electron chi connectivity index (χ0n) is 15.1. The molecule has 0 spiro atoms. The molecular formula is C18H28N4O3. The lowest BCUT2D eigenvalue weighted by molar-refractivity contribution is -0.132. The van der Waals surface area contributed by atoms with E-state index in [9.17, 15) is 9.59 Å². The van der Waals surface area contributed by atoms with Gasteiger partial charge >= 0.3 is 0 Å². The number of hydrogen-bond donors (Lipinski definition) is 2. The van der Waals surface area contributed by atoms with Gasteiger partial charge in [-0.05, 0) is 24.7 Å². The average Bonchev–Trinajstić information content (AvgIpc) is 2.61. The van der Waals surface area contributed by atoms with Gasteiger partial charge in [-0.2, -0.15) is 0 Å². The molecule has 0 unspecified atom stereocenters. The van der Waals surface area contributed by atoms with Crippen LogP contribution in [0.3, 0.4) is 0 Å². The maximum Gasteiger partial charge on any atom is 0.238 e. The molecule has 1 fully saturated rings. The van der Waals surface area contributed by atoms with Crippen LogP contribution in [0.5, 0.6) is 0 Å². The summed E-state index contributed by atoms with van der Waals surface area (Å²) in [7, 11) is 3.69. The number of likely N-dealkylation sites (N-methyl/N-ethyl adjacent to an activating group) is 1. The Labute approximate surface area is 149 Å². The number of rotatable bonds is 8. The van der Waals surface area contributed by atoms with Crippen LogP contribution in [-0.2, 0) is 20.7 Å². The third-order valence-corrected chi connectivity index (χ3v) is 4.22. The van der Waals surface area contributed by atoms with E-state index in [1.54, 1.807) is 7.11 Å². The van der Waals surface area contributed by atoms with Crippen LogP contribution in [0.15, 0.2) is 24.3 Å². The molecule has 1 aromatic rings. The van der Waals surface area contributed by atoms with E-state index in [-0.39, 0.29) is 18.4 Å². The third kappa shape index (κ3) is 6.81. The van der Waals surface area contributed by atoms with Crippen molar-refractivity contribution in [3.8, 4) is 0 Å². The predicted molar refractivity (Wildman–Crippen MR) is 97.6 cm³/mol. The Morgan fingerprint density at radius 2 is 1.80 bits per heavy atom. The van der Waals surface area contributed by atoms with E-state index in [1.165, 1.54) is 0 Å². The summed E-state index contributed by atoms with van der Waals surface area (Å²) in [6.07, 6.45) is 0.399. The van der Waals surface area contributed by atoms with E-state index in [1.807, 2.05) is 29.2 Å². The van der Waals surface area contributed by atoms with E-state index in [0.29, 0.717) is 19.6 Å². The lowest BCUT2D eigenvalue weighted by Gasteiger charge is -2.32. The summed E-state index contributed by atoms with van der Waals surface area (Å²) in [6, 6.07) is 7.45. The second-order valence-corrected chi connectivity index (χ2v) is 6.28. The van der Waals surface area contributed by atoms with Crippen molar-refractivity contribution in [1.82, 2.24) is 15.1 Å². The molecule has 1 aliphatic heterocycles. The first-order valence-electron chi connectivity index (χ1n) is 8.63. The molecule has 25 heavy (non-hydrogen) atoms. The van der Waals surface area contributed by atoms with Gasteiger partial charge in [0.2, 0.25) is 11.8 Å². The van der Waals surface area contributed by atoms with E-state index < -0.39 is 0 Å². The molecule has 0 aromatic heterocycles. The molecule has 7 heteroatoms. The topological polar surface area (TPSA) is 73.9 Å². The Bertz CT molecular complexity index is 554. The molecule has 0 saturated carbocycles. The summed E-state index contributed by atoms with van der Waals surface area (Å²) >= 11 is 0. The van der Waals surface area contributed by atoms with Gasteiger partial charge in [0.1, 0.15) is 0 Å². The minimum atomic E-state index is -0.0997. The molecule has 1 saturated heterocycles. The number of piperazine rings is 1. The van der Waals surface area contributed by atoms with Gasteiger partial charge < -0.3 is 25.2 Å². The molecular weight excluding hydrogens is 320 g/mol. The van der Waals surface area contributed by atoms with Gasteiger partial charge in [-0.25, -0.2) is 0 Å². The molecule has 0 bridgehead atoms. The lowest BCUT2D eigenvalue weighted by Crippen LogP contribution is -2.47. The zero-order valence-corrected chi connectivity index (χ0v) is 15.1. The number of nitrogens with one attached hydrogen (secondary N) is 2. The minimum Gasteiger partial charge on any atom is -0.383 e. The number of ether oxygens (including phenoxy) is 1. The number of carbonyl (C=O) groups is 2. The Hall–Kier alpha value is -1.96. The molecule has 0 atom stereocenters. The normalized spacial score (nSPS) is 15.2. The van der Waals surface area contributed by atoms with Gasteiger partial charge in [0.15, 0.2) is 0 Å². The fraction of sp³-hybridized carbons (Fsp3) is 0.556. The standard InChI is InChI=1S/C18H28N4O3/c1-21-8-10-22(11-9-21)18(24)13-15-3-5-16(6-4-15)20-17(23)14-19-7-12-25-2/h3-6,19H,7-14H2,1-2H3,(H,20,23). The number of anilines is 1. The summed E-state index contributed by atoms with van der Waals surface area (Å²) in [6.45, 7) is 4.89. The SMILES string of the molecule is COCCNCC(=O)Nc1ccc(CC(=O)N2CCN(C)CC2)cc1. The number of hydrogen-bond acceptors (Lipinski definition) is 5. The monoisotopic (exact) mass is 348 g/mol. The summed E-state index contributed by atoms with van der Waals surface area (Å²) in [4.78, 5) is 28.3. The second kappa shape index (κ2) is 10.1. The van der Waals surface area contributed by atoms with Crippen molar-refractivity contribution in [2.45, 2.75) is 6.42 Å². The van der Waals surface area contributed by atoms with E-state index >= 15 is 0 Å². The summed E-state index contributed by atoms with van der Waals surface area (Å²) < 4.78 is 4.91. The zero-order chi connectivity index (χ0) is 18.1. The maximum atomic E-state index is 12.3. The van der Waals surface area contributed by atoms with Crippen molar-refractivity contribution in [1.29, 1.82) is 0 Å². The van der Waals surface area contributed by atoms with Crippen LogP contribution in [0.4, 0.5) is 5.69 Å². The minimum absolute atomic E-state index is 0.0997. The number of nitrogens with zero attached hydrogens (tertiary/aromatic N) is 2. The van der Waals surface area contributed by atoms with Crippen LogP contribution in [0.2, 0.25) is 0 Å². The lowest BCUT2D eigenvalue weighted by atomic mass is 10.1. The third-order valence-electron chi connectivity index (χ3n) is 4.22. The van der Waals surface area contributed by atoms with Crippen LogP contribution in [0, 0.1) is 0 Å².